The van der Waals surface area contributed by atoms with Crippen molar-refractivity contribution in [2.45, 2.75) is 47.5 Å². The van der Waals surface area contributed by atoms with Crippen molar-refractivity contribution in [2.75, 3.05) is 0 Å². The van der Waals surface area contributed by atoms with E-state index < -0.39 is 11.4 Å². The zero-order valence-electron chi connectivity index (χ0n) is 12.1. The van der Waals surface area contributed by atoms with E-state index in [4.69, 9.17) is 10.2 Å². The normalized spacial score (nSPS) is 10.7. The van der Waals surface area contributed by atoms with Gasteiger partial charge in [0.25, 0.3) is 0 Å². The van der Waals surface area contributed by atoms with Gasteiger partial charge in [0, 0.05) is 32.3 Å². The zero-order chi connectivity index (χ0) is 14.9. The number of Topliss-reactive ketones (excluding diaryl/α,β-unsaturated/α-hetero) is 1. The van der Waals surface area contributed by atoms with Crippen molar-refractivity contribution in [1.82, 2.24) is 0 Å². The molecule has 0 fully saturated rings. The summed E-state index contributed by atoms with van der Waals surface area (Å²) in [6.45, 7) is 7.63. The number of hydrogen-bond donors (Lipinski definition) is 2. The Morgan fingerprint density at radius 3 is 1.37 bits per heavy atom. The van der Waals surface area contributed by atoms with Crippen molar-refractivity contribution in [2.24, 2.45) is 5.41 Å². The molecule has 0 bridgehead atoms. The Balaban J connectivity index is -0.000000280. The molecule has 0 aromatic heterocycles. The second-order valence-corrected chi connectivity index (χ2v) is 4.05. The number of carboxylic acid groups (broad SMARTS) is 1. The number of aliphatic hydroxyl groups excluding tert-OH is 1. The minimum Gasteiger partial charge on any atom is -0.512 e. The number of rotatable bonds is 5. The van der Waals surface area contributed by atoms with Crippen LogP contribution in [0.3, 0.4) is 0 Å². The molecule has 0 aromatic carbocycles. The summed E-state index contributed by atoms with van der Waals surface area (Å²) in [5.74, 6) is -1.32. The number of carbonyl (C=O) groups is 3. The van der Waals surface area contributed by atoms with Crippen molar-refractivity contribution >= 4 is 17.5 Å². The van der Waals surface area contributed by atoms with Crippen molar-refractivity contribution in [3.63, 3.8) is 0 Å². The van der Waals surface area contributed by atoms with E-state index in [1.54, 1.807) is 13.8 Å². The average molecular weight is 350 g/mol. The second-order valence-electron chi connectivity index (χ2n) is 4.05. The molecule has 0 atom stereocenters. The summed E-state index contributed by atoms with van der Waals surface area (Å²) in [5, 5.41) is 17.1. The third-order valence-corrected chi connectivity index (χ3v) is 2.70. The second kappa shape index (κ2) is 11.1. The van der Waals surface area contributed by atoms with Crippen LogP contribution in [-0.4, -0.2) is 27.7 Å². The number of carbonyl (C=O) groups excluding carboxylic acids is 2. The van der Waals surface area contributed by atoms with Gasteiger partial charge < -0.3 is 10.2 Å². The summed E-state index contributed by atoms with van der Waals surface area (Å²) >= 11 is 0. The summed E-state index contributed by atoms with van der Waals surface area (Å²) in [7, 11) is 0. The quantitative estimate of drug-likeness (QED) is 0.452. The van der Waals surface area contributed by atoms with Gasteiger partial charge in [0.05, 0.1) is 5.76 Å². The predicted octanol–water partition coefficient (Wildman–Crippen LogP) is 2.50. The van der Waals surface area contributed by atoms with Gasteiger partial charge in [-0.2, -0.15) is 0 Å². The van der Waals surface area contributed by atoms with Gasteiger partial charge in [0.1, 0.15) is 11.2 Å². The molecule has 0 heterocycles. The summed E-state index contributed by atoms with van der Waals surface area (Å²) in [6.07, 6.45) is 1.91. The largest absolute Gasteiger partial charge is 0.512 e. The number of aliphatic carboxylic acids is 1. The van der Waals surface area contributed by atoms with Gasteiger partial charge in [-0.1, -0.05) is 13.8 Å². The van der Waals surface area contributed by atoms with Gasteiger partial charge in [-0.05, 0) is 33.6 Å². The number of hydrogen-bond acceptors (Lipinski definition) is 4. The van der Waals surface area contributed by atoms with E-state index in [2.05, 4.69) is 0 Å². The minimum atomic E-state index is -1.14. The molecular formula is C13H22O5Zr. The van der Waals surface area contributed by atoms with E-state index in [-0.39, 0.29) is 43.5 Å². The van der Waals surface area contributed by atoms with Gasteiger partial charge >= 0.3 is 5.97 Å². The fraction of sp³-hybridized carbons (Fsp3) is 0.615. The van der Waals surface area contributed by atoms with Crippen LogP contribution in [0, 0.1) is 5.41 Å². The Bertz CT molecular complexity index is 323. The first kappa shape index (κ1) is 23.3. The van der Waals surface area contributed by atoms with Crippen LogP contribution in [0.4, 0.5) is 0 Å². The maximum atomic E-state index is 11.0. The first-order valence-corrected chi connectivity index (χ1v) is 5.76. The third-order valence-electron chi connectivity index (χ3n) is 2.70. The SMILES string of the molecule is CC(=O)/C=C(/C)O.CCC(CC)(C(C)=O)C(=O)O.[Zr]. The molecule has 0 aliphatic rings. The van der Waals surface area contributed by atoms with Gasteiger partial charge in [0.15, 0.2) is 5.78 Å². The van der Waals surface area contributed by atoms with Crippen molar-refractivity contribution in [3.8, 4) is 0 Å². The summed E-state index contributed by atoms with van der Waals surface area (Å²) in [6, 6.07) is 0. The minimum absolute atomic E-state index is 0. The third kappa shape index (κ3) is 8.87. The molecule has 0 saturated carbocycles. The molecule has 0 radical (unpaired) electrons. The fourth-order valence-corrected chi connectivity index (χ4v) is 1.50. The van der Waals surface area contributed by atoms with Crippen LogP contribution >= 0.6 is 0 Å². The molecule has 19 heavy (non-hydrogen) atoms. The van der Waals surface area contributed by atoms with Crippen LogP contribution in [0.2, 0.25) is 0 Å². The van der Waals surface area contributed by atoms with E-state index in [0.29, 0.717) is 12.8 Å². The van der Waals surface area contributed by atoms with E-state index in [1.165, 1.54) is 26.8 Å². The molecule has 0 aliphatic carbocycles. The van der Waals surface area contributed by atoms with E-state index in [1.807, 2.05) is 0 Å². The molecule has 0 rings (SSSR count). The molecule has 0 spiro atoms. The van der Waals surface area contributed by atoms with Crippen molar-refractivity contribution in [3.05, 3.63) is 11.8 Å². The van der Waals surface area contributed by atoms with Crippen LogP contribution in [-0.2, 0) is 40.6 Å². The molecule has 2 N–H and O–H groups in total. The summed E-state index contributed by atoms with van der Waals surface area (Å²) in [4.78, 5) is 31.7. The molecular weight excluding hydrogens is 327 g/mol. The zero-order valence-corrected chi connectivity index (χ0v) is 14.6. The Hall–Kier alpha value is -0.767. The first-order chi connectivity index (χ1) is 8.13. The molecule has 108 valence electrons. The summed E-state index contributed by atoms with van der Waals surface area (Å²) in [5.41, 5.74) is -1.14. The standard InChI is InChI=1S/C8H14O3.C5H8O2.Zr/c1-4-8(5-2,6(3)9)7(10)11;1-4(6)3-5(2)7;/h4-5H2,1-3H3,(H,10,11);3,6H,1-2H3;/b;4-3-;. The van der Waals surface area contributed by atoms with Gasteiger partial charge in [-0.3, -0.25) is 14.4 Å². The monoisotopic (exact) mass is 348 g/mol. The smallest absolute Gasteiger partial charge is 0.317 e. The molecule has 0 aliphatic heterocycles. The van der Waals surface area contributed by atoms with Crippen molar-refractivity contribution < 1.29 is 50.8 Å². The van der Waals surface area contributed by atoms with E-state index >= 15 is 0 Å². The Labute approximate surface area is 133 Å². The van der Waals surface area contributed by atoms with E-state index in [0.717, 1.165) is 0 Å². The van der Waals surface area contributed by atoms with Gasteiger partial charge in [-0.15, -0.1) is 0 Å². The van der Waals surface area contributed by atoms with Crippen LogP contribution in [0.25, 0.3) is 0 Å². The maximum Gasteiger partial charge on any atom is 0.317 e. The summed E-state index contributed by atoms with van der Waals surface area (Å²) < 4.78 is 0. The van der Waals surface area contributed by atoms with Crippen molar-refractivity contribution in [1.29, 1.82) is 0 Å². The molecule has 6 heteroatoms. The Morgan fingerprint density at radius 1 is 1.00 bits per heavy atom. The molecule has 5 nitrogen and oxygen atoms in total. The van der Waals surface area contributed by atoms with Crippen LogP contribution in [0.1, 0.15) is 47.5 Å². The number of allylic oxidation sites excluding steroid dienone is 2. The first-order valence-electron chi connectivity index (χ1n) is 5.76. The van der Waals surface area contributed by atoms with Crippen LogP contribution in [0.5, 0.6) is 0 Å². The number of aliphatic hydroxyl groups is 1. The average Bonchev–Trinajstić information content (AvgIpc) is 2.17. The fourth-order valence-electron chi connectivity index (χ4n) is 1.50. The predicted molar refractivity (Wildman–Crippen MR) is 68.4 cm³/mol. The maximum absolute atomic E-state index is 11.0. The van der Waals surface area contributed by atoms with Crippen LogP contribution in [0.15, 0.2) is 11.8 Å². The van der Waals surface area contributed by atoms with Crippen LogP contribution < -0.4 is 0 Å². The van der Waals surface area contributed by atoms with Gasteiger partial charge in [0.2, 0.25) is 0 Å². The molecule has 0 saturated heterocycles. The Morgan fingerprint density at radius 2 is 1.37 bits per heavy atom. The molecule has 0 unspecified atom stereocenters. The number of carboxylic acids is 1. The molecule has 0 amide bonds. The molecule has 0 aromatic rings. The van der Waals surface area contributed by atoms with Gasteiger partial charge in [-0.25, -0.2) is 0 Å². The topological polar surface area (TPSA) is 91.7 Å². The van der Waals surface area contributed by atoms with E-state index in [9.17, 15) is 14.4 Å². The number of ketones is 2. The Kier molecular flexibility index (Phi) is 13.6.